The summed E-state index contributed by atoms with van der Waals surface area (Å²) in [5.74, 6) is -0.781. The molecule has 0 radical (unpaired) electrons. The van der Waals surface area contributed by atoms with Gasteiger partial charge in [0.05, 0.1) is 10.3 Å². The first-order chi connectivity index (χ1) is 9.90. The average molecular weight is 340 g/mol. The summed E-state index contributed by atoms with van der Waals surface area (Å²) in [6.45, 7) is 2.87. The molecule has 1 aliphatic rings. The topological polar surface area (TPSA) is 12.0 Å². The van der Waals surface area contributed by atoms with E-state index >= 15 is 0 Å². The first-order valence-corrected chi connectivity index (χ1v) is 8.64. The molecule has 120 valence electrons. The molecule has 1 nitrogen and oxygen atoms in total. The van der Waals surface area contributed by atoms with E-state index in [9.17, 15) is 13.2 Å². The zero-order valence-electron chi connectivity index (χ0n) is 12.0. The van der Waals surface area contributed by atoms with Gasteiger partial charge in [0.25, 0.3) is 0 Å². The normalized spacial score (nSPS) is 25.0. The Morgan fingerprint density at radius 1 is 1.29 bits per heavy atom. The van der Waals surface area contributed by atoms with Gasteiger partial charge in [-0.1, -0.05) is 18.5 Å². The SMILES string of the molecule is CCNC(Cc1ccc(Cl)s1)C1CCC(C(F)(F)F)CC1. The molecule has 0 bridgehead atoms. The summed E-state index contributed by atoms with van der Waals surface area (Å²) in [5, 5.41) is 3.45. The molecule has 1 aromatic heterocycles. The number of hydrogen-bond acceptors (Lipinski definition) is 2. The molecular formula is C15H21ClF3NS. The second-order valence-corrected chi connectivity index (χ2v) is 7.53. The molecule has 1 N–H and O–H groups in total. The Balaban J connectivity index is 1.93. The number of halogens is 4. The van der Waals surface area contributed by atoms with Gasteiger partial charge < -0.3 is 5.32 Å². The number of thiophene rings is 1. The number of rotatable bonds is 5. The van der Waals surface area contributed by atoms with Crippen LogP contribution in [-0.4, -0.2) is 18.8 Å². The first-order valence-electron chi connectivity index (χ1n) is 7.44. The van der Waals surface area contributed by atoms with Gasteiger partial charge >= 0.3 is 6.18 Å². The van der Waals surface area contributed by atoms with E-state index in [2.05, 4.69) is 5.32 Å². The summed E-state index contributed by atoms with van der Waals surface area (Å²) >= 11 is 7.51. The molecule has 0 amide bonds. The Labute approximate surface area is 132 Å². The van der Waals surface area contributed by atoms with Crippen LogP contribution in [0, 0.1) is 11.8 Å². The lowest BCUT2D eigenvalue weighted by Gasteiger charge is -2.35. The van der Waals surface area contributed by atoms with Crippen LogP contribution < -0.4 is 5.32 Å². The fourth-order valence-corrected chi connectivity index (χ4v) is 4.34. The minimum Gasteiger partial charge on any atom is -0.314 e. The molecule has 1 heterocycles. The largest absolute Gasteiger partial charge is 0.391 e. The fraction of sp³-hybridized carbons (Fsp3) is 0.733. The molecule has 0 saturated heterocycles. The zero-order valence-corrected chi connectivity index (χ0v) is 13.6. The molecule has 1 saturated carbocycles. The van der Waals surface area contributed by atoms with Crippen molar-refractivity contribution in [3.05, 3.63) is 21.3 Å². The van der Waals surface area contributed by atoms with Crippen molar-refractivity contribution in [1.29, 1.82) is 0 Å². The molecule has 1 atom stereocenters. The Morgan fingerprint density at radius 2 is 1.95 bits per heavy atom. The van der Waals surface area contributed by atoms with Crippen molar-refractivity contribution in [3.8, 4) is 0 Å². The molecular weight excluding hydrogens is 319 g/mol. The monoisotopic (exact) mass is 339 g/mol. The van der Waals surface area contributed by atoms with Crippen LogP contribution in [0.5, 0.6) is 0 Å². The lowest BCUT2D eigenvalue weighted by molar-refractivity contribution is -0.184. The molecule has 2 rings (SSSR count). The standard InChI is InChI=1S/C15H21ClF3NS/c1-2-20-13(9-12-7-8-14(16)21-12)10-3-5-11(6-4-10)15(17,18)19/h7-8,10-11,13,20H,2-6,9H2,1H3. The molecule has 21 heavy (non-hydrogen) atoms. The van der Waals surface area contributed by atoms with Gasteiger partial charge in [-0.25, -0.2) is 0 Å². The summed E-state index contributed by atoms with van der Waals surface area (Å²) in [4.78, 5) is 1.20. The van der Waals surface area contributed by atoms with Crippen molar-refractivity contribution in [3.63, 3.8) is 0 Å². The van der Waals surface area contributed by atoms with Crippen molar-refractivity contribution in [1.82, 2.24) is 5.32 Å². The number of alkyl halides is 3. The van der Waals surface area contributed by atoms with E-state index < -0.39 is 12.1 Å². The summed E-state index contributed by atoms with van der Waals surface area (Å²) in [6, 6.07) is 4.14. The van der Waals surface area contributed by atoms with Crippen LogP contribution >= 0.6 is 22.9 Å². The van der Waals surface area contributed by atoms with Crippen molar-refractivity contribution < 1.29 is 13.2 Å². The molecule has 1 aromatic rings. The number of likely N-dealkylation sites (N-methyl/N-ethyl adjacent to an activating group) is 1. The molecule has 6 heteroatoms. The maximum atomic E-state index is 12.7. The minimum atomic E-state index is -4.03. The summed E-state index contributed by atoms with van der Waals surface area (Å²) in [6.07, 6.45) is -1.34. The summed E-state index contributed by atoms with van der Waals surface area (Å²) in [7, 11) is 0. The minimum absolute atomic E-state index is 0.249. The van der Waals surface area contributed by atoms with E-state index in [0.717, 1.165) is 17.3 Å². The lowest BCUT2D eigenvalue weighted by Crippen LogP contribution is -2.41. The van der Waals surface area contributed by atoms with E-state index in [0.29, 0.717) is 18.8 Å². The quantitative estimate of drug-likeness (QED) is 0.768. The first kappa shape index (κ1) is 17.1. The van der Waals surface area contributed by atoms with Crippen LogP contribution in [0.4, 0.5) is 13.2 Å². The molecule has 0 aliphatic heterocycles. The van der Waals surface area contributed by atoms with E-state index in [1.54, 1.807) is 11.3 Å². The van der Waals surface area contributed by atoms with Gasteiger partial charge in [0.2, 0.25) is 0 Å². The average Bonchev–Trinajstić information content (AvgIpc) is 2.83. The zero-order chi connectivity index (χ0) is 15.5. The van der Waals surface area contributed by atoms with Gasteiger partial charge in [-0.3, -0.25) is 0 Å². The fourth-order valence-electron chi connectivity index (χ4n) is 3.19. The predicted molar refractivity (Wildman–Crippen MR) is 82.0 cm³/mol. The van der Waals surface area contributed by atoms with Gasteiger partial charge in [-0.05, 0) is 56.7 Å². The van der Waals surface area contributed by atoms with Crippen molar-refractivity contribution >= 4 is 22.9 Å². The lowest BCUT2D eigenvalue weighted by atomic mass is 9.77. The van der Waals surface area contributed by atoms with Crippen LogP contribution in [0.15, 0.2) is 12.1 Å². The third kappa shape index (κ3) is 4.86. The van der Waals surface area contributed by atoms with E-state index in [1.165, 1.54) is 4.88 Å². The van der Waals surface area contributed by atoms with Crippen LogP contribution in [0.2, 0.25) is 4.34 Å². The van der Waals surface area contributed by atoms with Gasteiger partial charge in [0, 0.05) is 10.9 Å². The second kappa shape index (κ2) is 7.34. The van der Waals surface area contributed by atoms with Gasteiger partial charge in [-0.2, -0.15) is 13.2 Å². The summed E-state index contributed by atoms with van der Waals surface area (Å²) < 4.78 is 39.0. The molecule has 0 spiro atoms. The molecule has 0 aromatic carbocycles. The van der Waals surface area contributed by atoms with Gasteiger partial charge in [-0.15, -0.1) is 11.3 Å². The van der Waals surface area contributed by atoms with E-state index in [-0.39, 0.29) is 18.9 Å². The third-order valence-corrected chi connectivity index (χ3v) is 5.57. The van der Waals surface area contributed by atoms with E-state index in [4.69, 9.17) is 11.6 Å². The van der Waals surface area contributed by atoms with E-state index in [1.807, 2.05) is 19.1 Å². The maximum absolute atomic E-state index is 12.7. The van der Waals surface area contributed by atoms with Crippen molar-refractivity contribution in [2.75, 3.05) is 6.54 Å². The maximum Gasteiger partial charge on any atom is 0.391 e. The highest BCUT2D eigenvalue weighted by molar-refractivity contribution is 7.16. The highest BCUT2D eigenvalue weighted by atomic mass is 35.5. The van der Waals surface area contributed by atoms with Crippen LogP contribution in [0.1, 0.15) is 37.5 Å². The predicted octanol–water partition coefficient (Wildman–Crippen LogP) is 5.29. The molecule has 1 aliphatic carbocycles. The Morgan fingerprint density at radius 3 is 2.43 bits per heavy atom. The van der Waals surface area contributed by atoms with Gasteiger partial charge in [0.15, 0.2) is 0 Å². The number of nitrogens with one attached hydrogen (secondary N) is 1. The Bertz CT molecular complexity index is 438. The smallest absolute Gasteiger partial charge is 0.314 e. The highest BCUT2D eigenvalue weighted by Gasteiger charge is 2.42. The Kier molecular flexibility index (Phi) is 5.97. The Hall–Kier alpha value is -0.260. The summed E-state index contributed by atoms with van der Waals surface area (Å²) in [5.41, 5.74) is 0. The van der Waals surface area contributed by atoms with Gasteiger partial charge in [0.1, 0.15) is 0 Å². The molecule has 1 fully saturated rings. The van der Waals surface area contributed by atoms with Crippen molar-refractivity contribution in [2.45, 2.75) is 51.2 Å². The third-order valence-electron chi connectivity index (χ3n) is 4.32. The van der Waals surface area contributed by atoms with Crippen LogP contribution in [-0.2, 0) is 6.42 Å². The highest BCUT2D eigenvalue weighted by Crippen LogP contribution is 2.41. The number of hydrogen-bond donors (Lipinski definition) is 1. The molecule has 1 unspecified atom stereocenters. The van der Waals surface area contributed by atoms with Crippen LogP contribution in [0.25, 0.3) is 0 Å². The second-order valence-electron chi connectivity index (χ2n) is 5.73. The van der Waals surface area contributed by atoms with Crippen LogP contribution in [0.3, 0.4) is 0 Å². The van der Waals surface area contributed by atoms with Crippen molar-refractivity contribution in [2.24, 2.45) is 11.8 Å².